The van der Waals surface area contributed by atoms with Gasteiger partial charge in [0, 0.05) is 12.1 Å². The Morgan fingerprint density at radius 3 is 1.50 bits per heavy atom. The molecule has 0 radical (unpaired) electrons. The largest absolute Gasteiger partial charge is 0.370 e. The zero-order valence-corrected chi connectivity index (χ0v) is 11.6. The smallest absolute Gasteiger partial charge is 0.0916 e. The number of hydrogen-bond donors (Lipinski definition) is 2. The SMILES string of the molecule is C=C(NC(CC)CCC)NC(CC)CCC. The molecular formula is C14H30N2. The van der Waals surface area contributed by atoms with E-state index >= 15 is 0 Å². The lowest BCUT2D eigenvalue weighted by Crippen LogP contribution is -2.38. The lowest BCUT2D eigenvalue weighted by molar-refractivity contribution is 0.442. The van der Waals surface area contributed by atoms with Crippen molar-refractivity contribution in [3.63, 3.8) is 0 Å². The van der Waals surface area contributed by atoms with Gasteiger partial charge in [-0.25, -0.2) is 0 Å². The molecule has 2 heteroatoms. The lowest BCUT2D eigenvalue weighted by atomic mass is 10.1. The first-order valence-electron chi connectivity index (χ1n) is 6.89. The van der Waals surface area contributed by atoms with Gasteiger partial charge in [-0.3, -0.25) is 0 Å². The highest BCUT2D eigenvalue weighted by Crippen LogP contribution is 2.05. The monoisotopic (exact) mass is 226 g/mol. The first kappa shape index (κ1) is 15.3. The van der Waals surface area contributed by atoms with Crippen LogP contribution in [0.3, 0.4) is 0 Å². The van der Waals surface area contributed by atoms with E-state index in [-0.39, 0.29) is 0 Å². The Morgan fingerprint density at radius 1 is 0.875 bits per heavy atom. The van der Waals surface area contributed by atoms with Crippen LogP contribution in [0.15, 0.2) is 12.4 Å². The van der Waals surface area contributed by atoms with Gasteiger partial charge in [-0.05, 0) is 25.7 Å². The molecule has 0 aliphatic heterocycles. The summed E-state index contributed by atoms with van der Waals surface area (Å²) in [6.07, 6.45) is 7.23. The summed E-state index contributed by atoms with van der Waals surface area (Å²) in [5.74, 6) is 1.00. The molecule has 96 valence electrons. The quantitative estimate of drug-likeness (QED) is 0.592. The van der Waals surface area contributed by atoms with Crippen LogP contribution >= 0.6 is 0 Å². The van der Waals surface area contributed by atoms with Crippen LogP contribution in [0.1, 0.15) is 66.2 Å². The second kappa shape index (κ2) is 9.56. The van der Waals surface area contributed by atoms with Crippen molar-refractivity contribution in [1.29, 1.82) is 0 Å². The minimum Gasteiger partial charge on any atom is -0.370 e. The van der Waals surface area contributed by atoms with Crippen LogP contribution < -0.4 is 10.6 Å². The van der Waals surface area contributed by atoms with E-state index in [2.05, 4.69) is 44.9 Å². The van der Waals surface area contributed by atoms with Gasteiger partial charge in [0.05, 0.1) is 5.82 Å². The van der Waals surface area contributed by atoms with Crippen molar-refractivity contribution in [3.05, 3.63) is 12.4 Å². The molecule has 0 aliphatic carbocycles. The van der Waals surface area contributed by atoms with E-state index in [1.165, 1.54) is 38.5 Å². The zero-order chi connectivity index (χ0) is 12.4. The highest BCUT2D eigenvalue weighted by atomic mass is 15.1. The van der Waals surface area contributed by atoms with Gasteiger partial charge in [-0.15, -0.1) is 0 Å². The molecule has 0 rings (SSSR count). The number of rotatable bonds is 10. The van der Waals surface area contributed by atoms with Gasteiger partial charge >= 0.3 is 0 Å². The Kier molecular flexibility index (Phi) is 9.16. The summed E-state index contributed by atoms with van der Waals surface area (Å²) in [5, 5.41) is 6.97. The Labute approximate surface area is 102 Å². The van der Waals surface area contributed by atoms with E-state index in [1.54, 1.807) is 0 Å². The zero-order valence-electron chi connectivity index (χ0n) is 11.6. The molecule has 16 heavy (non-hydrogen) atoms. The molecule has 0 spiro atoms. The van der Waals surface area contributed by atoms with Gasteiger partial charge in [-0.2, -0.15) is 0 Å². The van der Waals surface area contributed by atoms with Gasteiger partial charge in [0.2, 0.25) is 0 Å². The average Bonchev–Trinajstić information content (AvgIpc) is 2.27. The highest BCUT2D eigenvalue weighted by molar-refractivity contribution is 4.93. The fraction of sp³-hybridized carbons (Fsp3) is 0.857. The van der Waals surface area contributed by atoms with Crippen LogP contribution in [0, 0.1) is 0 Å². The van der Waals surface area contributed by atoms with Crippen molar-refractivity contribution in [1.82, 2.24) is 10.6 Å². The van der Waals surface area contributed by atoms with Gasteiger partial charge in [0.25, 0.3) is 0 Å². The summed E-state index contributed by atoms with van der Waals surface area (Å²) in [6.45, 7) is 13.0. The molecule has 0 aliphatic rings. The molecule has 0 bridgehead atoms. The van der Waals surface area contributed by atoms with E-state index in [1.807, 2.05) is 0 Å². The van der Waals surface area contributed by atoms with Crippen LogP contribution in [-0.2, 0) is 0 Å². The summed E-state index contributed by atoms with van der Waals surface area (Å²) in [5.41, 5.74) is 0. The minimum absolute atomic E-state index is 0.573. The third-order valence-corrected chi connectivity index (χ3v) is 3.02. The molecule has 0 aromatic carbocycles. The van der Waals surface area contributed by atoms with E-state index in [9.17, 15) is 0 Å². The predicted molar refractivity (Wildman–Crippen MR) is 73.4 cm³/mol. The Hall–Kier alpha value is -0.660. The summed E-state index contributed by atoms with van der Waals surface area (Å²) >= 11 is 0. The van der Waals surface area contributed by atoms with Crippen LogP contribution in [0.25, 0.3) is 0 Å². The standard InChI is InChI=1S/C14H30N2/c1-6-10-13(8-3)15-12(5)16-14(9-4)11-7-2/h13-16H,5-11H2,1-4H3. The molecule has 2 unspecified atom stereocenters. The van der Waals surface area contributed by atoms with Crippen molar-refractivity contribution in [3.8, 4) is 0 Å². The molecule has 0 aromatic heterocycles. The second-order valence-electron chi connectivity index (χ2n) is 4.55. The molecule has 0 amide bonds. The van der Waals surface area contributed by atoms with Gasteiger partial charge in [-0.1, -0.05) is 47.1 Å². The maximum atomic E-state index is 4.07. The molecule has 0 saturated carbocycles. The van der Waals surface area contributed by atoms with E-state index in [0.717, 1.165) is 5.82 Å². The fourth-order valence-electron chi connectivity index (χ4n) is 1.99. The van der Waals surface area contributed by atoms with Crippen molar-refractivity contribution in [2.45, 2.75) is 78.3 Å². The third kappa shape index (κ3) is 6.76. The average molecular weight is 226 g/mol. The van der Waals surface area contributed by atoms with Gasteiger partial charge in [0.15, 0.2) is 0 Å². The maximum absolute atomic E-state index is 4.07. The summed E-state index contributed by atoms with van der Waals surface area (Å²) < 4.78 is 0. The summed E-state index contributed by atoms with van der Waals surface area (Å²) in [6, 6.07) is 1.15. The van der Waals surface area contributed by atoms with Gasteiger partial charge < -0.3 is 10.6 Å². The van der Waals surface area contributed by atoms with Gasteiger partial charge in [0.1, 0.15) is 0 Å². The Balaban J connectivity index is 3.93. The molecule has 2 nitrogen and oxygen atoms in total. The first-order chi connectivity index (χ1) is 7.67. The first-order valence-corrected chi connectivity index (χ1v) is 6.89. The van der Waals surface area contributed by atoms with Crippen LogP contribution in [0.2, 0.25) is 0 Å². The molecule has 0 aromatic rings. The molecule has 0 saturated heterocycles. The van der Waals surface area contributed by atoms with Crippen LogP contribution in [0.5, 0.6) is 0 Å². The third-order valence-electron chi connectivity index (χ3n) is 3.02. The van der Waals surface area contributed by atoms with Crippen molar-refractivity contribution in [2.24, 2.45) is 0 Å². The second-order valence-corrected chi connectivity index (χ2v) is 4.55. The van der Waals surface area contributed by atoms with Crippen molar-refractivity contribution in [2.75, 3.05) is 0 Å². The maximum Gasteiger partial charge on any atom is 0.0916 e. The fourth-order valence-corrected chi connectivity index (χ4v) is 1.99. The summed E-state index contributed by atoms with van der Waals surface area (Å²) in [7, 11) is 0. The topological polar surface area (TPSA) is 24.1 Å². The van der Waals surface area contributed by atoms with E-state index in [0.29, 0.717) is 12.1 Å². The van der Waals surface area contributed by atoms with E-state index < -0.39 is 0 Å². The molecule has 0 heterocycles. The number of hydrogen-bond acceptors (Lipinski definition) is 2. The predicted octanol–water partition coefficient (Wildman–Crippen LogP) is 3.79. The molecule has 2 atom stereocenters. The number of nitrogens with one attached hydrogen (secondary N) is 2. The molecular weight excluding hydrogens is 196 g/mol. The van der Waals surface area contributed by atoms with Crippen LogP contribution in [0.4, 0.5) is 0 Å². The lowest BCUT2D eigenvalue weighted by Gasteiger charge is -2.24. The van der Waals surface area contributed by atoms with Crippen molar-refractivity contribution < 1.29 is 0 Å². The normalized spacial score (nSPS) is 14.2. The highest BCUT2D eigenvalue weighted by Gasteiger charge is 2.08. The van der Waals surface area contributed by atoms with Crippen molar-refractivity contribution >= 4 is 0 Å². The van der Waals surface area contributed by atoms with Crippen LogP contribution in [-0.4, -0.2) is 12.1 Å². The Morgan fingerprint density at radius 2 is 1.25 bits per heavy atom. The molecule has 0 fully saturated rings. The summed E-state index contributed by atoms with van der Waals surface area (Å²) in [4.78, 5) is 0. The Bertz CT molecular complexity index is 160. The van der Waals surface area contributed by atoms with E-state index in [4.69, 9.17) is 0 Å². The molecule has 2 N–H and O–H groups in total. The minimum atomic E-state index is 0.573.